The smallest absolute Gasteiger partial charge is 0.0981 e. The van der Waals surface area contributed by atoms with Crippen LogP contribution in [0.25, 0.3) is 0 Å². The zero-order valence-corrected chi connectivity index (χ0v) is 9.39. The Kier molecular flexibility index (Phi) is 5.77. The Balaban J connectivity index is 0. The molecular weight excluding hydrogens is 194 g/mol. The van der Waals surface area contributed by atoms with Crippen LogP contribution >= 0.6 is 0 Å². The Labute approximate surface area is 79.5 Å². The van der Waals surface area contributed by atoms with E-state index in [0.29, 0.717) is 0 Å². The van der Waals surface area contributed by atoms with Gasteiger partial charge in [0, 0.05) is 6.61 Å². The molecule has 5 nitrogen and oxygen atoms in total. The van der Waals surface area contributed by atoms with Gasteiger partial charge in [0.1, 0.15) is 0 Å². The van der Waals surface area contributed by atoms with Gasteiger partial charge in [0.2, 0.25) is 0 Å². The molecule has 0 radical (unpaired) electrons. The molecule has 0 aliphatic rings. The van der Waals surface area contributed by atoms with Crippen molar-refractivity contribution in [2.45, 2.75) is 32.4 Å². The number of quaternary nitrogens is 1. The minimum Gasteiger partial charge on any atom is -0.748 e. The van der Waals surface area contributed by atoms with Crippen LogP contribution < -0.4 is 6.15 Å². The minimum atomic E-state index is -4.29. The third-order valence-electron chi connectivity index (χ3n) is 1.71. The van der Waals surface area contributed by atoms with E-state index in [1.165, 1.54) is 0 Å². The molecule has 1 unspecified atom stereocenters. The van der Waals surface area contributed by atoms with Gasteiger partial charge in [-0.3, -0.25) is 0 Å². The highest BCUT2D eigenvalue weighted by atomic mass is 32.2. The first kappa shape index (κ1) is 15.3. The summed E-state index contributed by atoms with van der Waals surface area (Å²) in [7, 11) is -4.29. The van der Waals surface area contributed by atoms with Gasteiger partial charge in [0.15, 0.2) is 0 Å². The van der Waals surface area contributed by atoms with Gasteiger partial charge < -0.3 is 15.8 Å². The molecule has 0 fully saturated rings. The zero-order chi connectivity index (χ0) is 9.99. The summed E-state index contributed by atoms with van der Waals surface area (Å²) < 4.78 is 32.1. The first-order valence-corrected chi connectivity index (χ1v) is 5.22. The molecule has 1 atom stereocenters. The highest BCUT2D eigenvalue weighted by molar-refractivity contribution is 7.86. The topological polar surface area (TPSA) is 114 Å². The van der Waals surface area contributed by atoms with Crippen LogP contribution in [0.4, 0.5) is 0 Å². The van der Waals surface area contributed by atoms with Crippen LogP contribution in [-0.2, 0) is 10.1 Å². The minimum absolute atomic E-state index is 0. The van der Waals surface area contributed by atoms with Gasteiger partial charge >= 0.3 is 0 Å². The lowest BCUT2D eigenvalue weighted by molar-refractivity contribution is 0.246. The fraction of sp³-hybridized carbons (Fsp3) is 1.00. The number of aliphatic hydroxyl groups is 1. The van der Waals surface area contributed by atoms with E-state index in [-0.39, 0.29) is 19.2 Å². The van der Waals surface area contributed by atoms with Crippen molar-refractivity contribution < 1.29 is 18.1 Å². The summed E-state index contributed by atoms with van der Waals surface area (Å²) in [4.78, 5) is 0. The second-order valence-corrected chi connectivity index (χ2v) is 5.41. The van der Waals surface area contributed by atoms with E-state index in [0.717, 1.165) is 0 Å². The van der Waals surface area contributed by atoms with Gasteiger partial charge in [-0.25, -0.2) is 8.42 Å². The van der Waals surface area contributed by atoms with Gasteiger partial charge in [-0.15, -0.1) is 0 Å². The molecule has 0 amide bonds. The van der Waals surface area contributed by atoms with Crippen molar-refractivity contribution in [1.29, 1.82) is 0 Å². The largest absolute Gasteiger partial charge is 0.748 e. The molecule has 5 N–H and O–H groups in total. The first-order valence-electron chi connectivity index (χ1n) is 3.75. The lowest BCUT2D eigenvalue weighted by atomic mass is 9.90. The molecule has 0 bridgehead atoms. The van der Waals surface area contributed by atoms with Crippen molar-refractivity contribution in [3.8, 4) is 0 Å². The highest BCUT2D eigenvalue weighted by Gasteiger charge is 2.29. The summed E-state index contributed by atoms with van der Waals surface area (Å²) in [5.41, 5.74) is -0.608. The van der Waals surface area contributed by atoms with E-state index in [4.69, 9.17) is 5.11 Å². The van der Waals surface area contributed by atoms with Crippen LogP contribution in [0.1, 0.15) is 27.2 Å². The van der Waals surface area contributed by atoms with Gasteiger partial charge in [-0.2, -0.15) is 0 Å². The quantitative estimate of drug-likeness (QED) is 0.671. The van der Waals surface area contributed by atoms with Crippen molar-refractivity contribution in [1.82, 2.24) is 6.15 Å². The normalized spacial score (nSPS) is 14.8. The summed E-state index contributed by atoms with van der Waals surface area (Å²) in [5, 5.41) is 7.56. The lowest BCUT2D eigenvalue weighted by Crippen LogP contribution is -2.35. The molecule has 0 heterocycles. The Hall–Kier alpha value is -0.170. The van der Waals surface area contributed by atoms with Crippen LogP contribution in [0.15, 0.2) is 0 Å². The van der Waals surface area contributed by atoms with E-state index >= 15 is 0 Å². The first-order chi connectivity index (χ1) is 5.19. The maximum Gasteiger partial charge on any atom is 0.0981 e. The number of rotatable bonds is 3. The van der Waals surface area contributed by atoms with E-state index < -0.39 is 20.8 Å². The van der Waals surface area contributed by atoms with Crippen LogP contribution in [0.2, 0.25) is 0 Å². The molecule has 82 valence electrons. The SMILES string of the molecule is CC(C)(C)C(CCO)S(=O)(=O)[O-].[NH4+]. The molecule has 0 aromatic rings. The predicted octanol–water partition coefficient (Wildman–Crippen LogP) is 0.705. The molecule has 0 aliphatic heterocycles. The molecule has 0 aromatic carbocycles. The summed E-state index contributed by atoms with van der Waals surface area (Å²) in [5.74, 6) is 0. The molecule has 0 spiro atoms. The van der Waals surface area contributed by atoms with Crippen molar-refractivity contribution in [2.24, 2.45) is 5.41 Å². The molecule has 0 rings (SSSR count). The maximum atomic E-state index is 10.7. The summed E-state index contributed by atoms with van der Waals surface area (Å²) in [6.07, 6.45) is 0.00926. The average Bonchev–Trinajstić information content (AvgIpc) is 1.77. The fourth-order valence-electron chi connectivity index (χ4n) is 1.13. The van der Waals surface area contributed by atoms with E-state index in [9.17, 15) is 13.0 Å². The van der Waals surface area contributed by atoms with Crippen LogP contribution in [0.5, 0.6) is 0 Å². The van der Waals surface area contributed by atoms with Crippen LogP contribution in [-0.4, -0.2) is 29.9 Å². The van der Waals surface area contributed by atoms with Crippen molar-refractivity contribution in [3.63, 3.8) is 0 Å². The Morgan fingerprint density at radius 3 is 1.85 bits per heavy atom. The molecule has 13 heavy (non-hydrogen) atoms. The summed E-state index contributed by atoms with van der Waals surface area (Å²) in [6.45, 7) is 4.73. The van der Waals surface area contributed by atoms with Gasteiger partial charge in [0.05, 0.1) is 15.4 Å². The van der Waals surface area contributed by atoms with E-state index in [1.807, 2.05) is 0 Å². The van der Waals surface area contributed by atoms with Crippen LogP contribution in [0, 0.1) is 5.41 Å². The third-order valence-corrected chi connectivity index (χ3v) is 3.35. The summed E-state index contributed by atoms with van der Waals surface area (Å²) >= 11 is 0. The van der Waals surface area contributed by atoms with Crippen molar-refractivity contribution >= 4 is 10.1 Å². The highest BCUT2D eigenvalue weighted by Crippen LogP contribution is 2.27. The second-order valence-electron chi connectivity index (χ2n) is 3.86. The maximum absolute atomic E-state index is 10.7. The number of hydrogen-bond donors (Lipinski definition) is 2. The van der Waals surface area contributed by atoms with Gasteiger partial charge in [0.25, 0.3) is 0 Å². The number of aliphatic hydroxyl groups excluding tert-OH is 1. The molecule has 0 aromatic heterocycles. The predicted molar refractivity (Wildman–Crippen MR) is 50.6 cm³/mol. The fourth-order valence-corrected chi connectivity index (χ4v) is 2.39. The molecule has 0 aliphatic carbocycles. The van der Waals surface area contributed by atoms with Crippen LogP contribution in [0.3, 0.4) is 0 Å². The Bertz CT molecular complexity index is 229. The Morgan fingerprint density at radius 1 is 1.38 bits per heavy atom. The Morgan fingerprint density at radius 2 is 1.77 bits per heavy atom. The molecular formula is C7H19NO4S. The van der Waals surface area contributed by atoms with Crippen molar-refractivity contribution in [3.05, 3.63) is 0 Å². The van der Waals surface area contributed by atoms with E-state index in [1.54, 1.807) is 20.8 Å². The second kappa shape index (κ2) is 4.90. The van der Waals surface area contributed by atoms with Gasteiger partial charge in [-0.1, -0.05) is 20.8 Å². The molecule has 0 saturated heterocycles. The zero-order valence-electron chi connectivity index (χ0n) is 8.57. The standard InChI is InChI=1S/C7H16O4S.H3N/c1-7(2,3)6(4-5-8)12(9,10)11;/h6,8H,4-5H2,1-3H3,(H,9,10,11);1H3. The van der Waals surface area contributed by atoms with Gasteiger partial charge in [-0.05, 0) is 11.8 Å². The molecule has 0 saturated carbocycles. The monoisotopic (exact) mass is 213 g/mol. The third kappa shape index (κ3) is 5.20. The average molecular weight is 213 g/mol. The van der Waals surface area contributed by atoms with Crippen molar-refractivity contribution in [2.75, 3.05) is 6.61 Å². The lowest BCUT2D eigenvalue weighted by Gasteiger charge is -2.32. The molecule has 6 heteroatoms. The van der Waals surface area contributed by atoms with E-state index in [2.05, 4.69) is 0 Å². The summed E-state index contributed by atoms with van der Waals surface area (Å²) in [6, 6.07) is 0. The number of hydrogen-bond acceptors (Lipinski definition) is 4.